The van der Waals surface area contributed by atoms with Gasteiger partial charge >= 0.3 is 6.01 Å². The highest BCUT2D eigenvalue weighted by atomic mass is 32.1. The number of benzene rings is 1. The van der Waals surface area contributed by atoms with Gasteiger partial charge in [0, 0.05) is 12.1 Å². The molecule has 0 fully saturated rings. The quantitative estimate of drug-likeness (QED) is 0.724. The van der Waals surface area contributed by atoms with Gasteiger partial charge in [-0.3, -0.25) is 4.79 Å². The van der Waals surface area contributed by atoms with E-state index in [0.717, 1.165) is 22.1 Å². The Morgan fingerprint density at radius 1 is 1.23 bits per heavy atom. The van der Waals surface area contributed by atoms with Gasteiger partial charge < -0.3 is 10.1 Å². The minimum atomic E-state index is -0.0447. The molecule has 6 nitrogen and oxygen atoms in total. The van der Waals surface area contributed by atoms with Crippen molar-refractivity contribution in [3.05, 3.63) is 41.8 Å². The van der Waals surface area contributed by atoms with Gasteiger partial charge in [0.2, 0.25) is 5.91 Å². The summed E-state index contributed by atoms with van der Waals surface area (Å²) in [5, 5.41) is 9.32. The Labute approximate surface area is 156 Å². The van der Waals surface area contributed by atoms with Gasteiger partial charge in [0.1, 0.15) is 0 Å². The summed E-state index contributed by atoms with van der Waals surface area (Å²) < 4.78 is 6.92. The predicted octanol–water partition coefficient (Wildman–Crippen LogP) is 4.38. The Morgan fingerprint density at radius 2 is 1.96 bits per heavy atom. The molecule has 0 aliphatic carbocycles. The van der Waals surface area contributed by atoms with Gasteiger partial charge in [0.05, 0.1) is 17.7 Å². The highest BCUT2D eigenvalue weighted by Gasteiger charge is 2.17. The molecule has 0 saturated carbocycles. The van der Waals surface area contributed by atoms with Crippen molar-refractivity contribution in [2.75, 3.05) is 12.4 Å². The normalized spacial score (nSPS) is 11.4. The number of nitrogens with zero attached hydrogens (tertiary/aromatic N) is 3. The average molecular weight is 370 g/mol. The summed E-state index contributed by atoms with van der Waals surface area (Å²) in [5.74, 6) is 0.730. The molecule has 0 aliphatic heterocycles. The van der Waals surface area contributed by atoms with Crippen molar-refractivity contribution in [3.8, 4) is 22.4 Å². The van der Waals surface area contributed by atoms with Crippen LogP contribution in [0.5, 0.6) is 6.01 Å². The third-order valence-corrected chi connectivity index (χ3v) is 4.46. The van der Waals surface area contributed by atoms with Crippen LogP contribution >= 0.6 is 11.3 Å². The fourth-order valence-corrected chi connectivity index (χ4v) is 3.20. The first-order valence-electron chi connectivity index (χ1n) is 8.31. The number of thiophene rings is 1. The summed E-state index contributed by atoms with van der Waals surface area (Å²) in [6, 6.07) is 11.8. The Morgan fingerprint density at radius 3 is 2.54 bits per heavy atom. The van der Waals surface area contributed by atoms with Gasteiger partial charge in [-0.2, -0.15) is 4.98 Å². The van der Waals surface area contributed by atoms with Gasteiger partial charge in [-0.1, -0.05) is 26.8 Å². The van der Waals surface area contributed by atoms with Gasteiger partial charge in [0.25, 0.3) is 0 Å². The van der Waals surface area contributed by atoms with Crippen molar-refractivity contribution < 1.29 is 9.53 Å². The minimum absolute atomic E-state index is 0.00643. The smallest absolute Gasteiger partial charge is 0.336 e. The highest BCUT2D eigenvalue weighted by molar-refractivity contribution is 7.13. The molecule has 0 saturated heterocycles. The van der Waals surface area contributed by atoms with Crippen LogP contribution in [0.3, 0.4) is 0 Å². The molecule has 0 unspecified atom stereocenters. The minimum Gasteiger partial charge on any atom is -0.466 e. The predicted molar refractivity (Wildman–Crippen MR) is 104 cm³/mol. The zero-order valence-corrected chi connectivity index (χ0v) is 16.1. The van der Waals surface area contributed by atoms with Crippen LogP contribution in [-0.4, -0.2) is 27.8 Å². The monoisotopic (exact) mass is 370 g/mol. The Kier molecular flexibility index (Phi) is 5.08. The lowest BCUT2D eigenvalue weighted by molar-refractivity contribution is -0.117. The topological polar surface area (TPSA) is 69.0 Å². The number of amides is 1. The summed E-state index contributed by atoms with van der Waals surface area (Å²) in [5.41, 5.74) is 1.56. The van der Waals surface area contributed by atoms with Crippen LogP contribution in [0, 0.1) is 5.41 Å². The number of hydrogen-bond donors (Lipinski definition) is 1. The van der Waals surface area contributed by atoms with Crippen LogP contribution in [0.15, 0.2) is 41.8 Å². The molecule has 136 valence electrons. The Bertz CT molecular complexity index is 877. The molecule has 1 amide bonds. The van der Waals surface area contributed by atoms with E-state index in [1.807, 2.05) is 62.5 Å². The number of ether oxygens (including phenoxy) is 1. The Hall–Kier alpha value is -2.67. The van der Waals surface area contributed by atoms with E-state index in [4.69, 9.17) is 4.74 Å². The first-order chi connectivity index (χ1) is 12.4. The number of anilines is 1. The number of carbonyl (C=O) groups is 1. The van der Waals surface area contributed by atoms with E-state index < -0.39 is 0 Å². The fourth-order valence-electron chi connectivity index (χ4n) is 2.50. The summed E-state index contributed by atoms with van der Waals surface area (Å²) in [4.78, 5) is 17.5. The summed E-state index contributed by atoms with van der Waals surface area (Å²) in [6.07, 6.45) is 0.470. The van der Waals surface area contributed by atoms with E-state index in [1.54, 1.807) is 23.1 Å². The average Bonchev–Trinajstić information content (AvgIpc) is 3.23. The third-order valence-electron chi connectivity index (χ3n) is 3.60. The number of hydrogen-bond acceptors (Lipinski definition) is 5. The SMILES string of the molecule is COc1nc(-c2cccs2)n(-c2ccc(NC(=O)CC(C)(C)C)cc2)n1. The lowest BCUT2D eigenvalue weighted by Gasteiger charge is -2.17. The fraction of sp³-hybridized carbons (Fsp3) is 0.316. The molecule has 0 bridgehead atoms. The molecule has 1 N–H and O–H groups in total. The van der Waals surface area contributed by atoms with Crippen molar-refractivity contribution in [3.63, 3.8) is 0 Å². The number of rotatable bonds is 5. The van der Waals surface area contributed by atoms with Crippen molar-refractivity contribution in [1.82, 2.24) is 14.8 Å². The maximum Gasteiger partial charge on any atom is 0.336 e. The number of carbonyl (C=O) groups excluding carboxylic acids is 1. The van der Waals surface area contributed by atoms with Gasteiger partial charge in [0.15, 0.2) is 5.82 Å². The van der Waals surface area contributed by atoms with Crippen molar-refractivity contribution in [1.29, 1.82) is 0 Å². The van der Waals surface area contributed by atoms with E-state index in [0.29, 0.717) is 12.4 Å². The number of aromatic nitrogens is 3. The molecule has 0 spiro atoms. The van der Waals surface area contributed by atoms with Crippen molar-refractivity contribution in [2.24, 2.45) is 5.41 Å². The van der Waals surface area contributed by atoms with Crippen LogP contribution in [0.1, 0.15) is 27.2 Å². The standard InChI is InChI=1S/C19H22N4O2S/c1-19(2,3)12-16(24)20-13-7-9-14(10-8-13)23-17(15-6-5-11-26-15)21-18(22-23)25-4/h5-11H,12H2,1-4H3,(H,20,24). The molecule has 0 atom stereocenters. The molecule has 7 heteroatoms. The molecule has 1 aromatic carbocycles. The maximum atomic E-state index is 12.1. The number of nitrogens with one attached hydrogen (secondary N) is 1. The van der Waals surface area contributed by atoms with E-state index >= 15 is 0 Å². The molecule has 2 heterocycles. The molecular weight excluding hydrogens is 348 g/mol. The molecule has 26 heavy (non-hydrogen) atoms. The second-order valence-corrected chi connectivity index (χ2v) is 8.09. The van der Waals surface area contributed by atoms with E-state index in [-0.39, 0.29) is 11.3 Å². The molecule has 2 aromatic heterocycles. The van der Waals surface area contributed by atoms with Crippen LogP contribution in [0.2, 0.25) is 0 Å². The van der Waals surface area contributed by atoms with Crippen LogP contribution < -0.4 is 10.1 Å². The first-order valence-corrected chi connectivity index (χ1v) is 9.19. The first kappa shape index (κ1) is 18.1. The van der Waals surface area contributed by atoms with Crippen LogP contribution in [0.4, 0.5) is 5.69 Å². The summed E-state index contributed by atoms with van der Waals surface area (Å²) in [6.45, 7) is 6.12. The Balaban J connectivity index is 1.83. The second-order valence-electron chi connectivity index (χ2n) is 7.14. The van der Waals surface area contributed by atoms with E-state index in [2.05, 4.69) is 15.4 Å². The molecule has 3 aromatic rings. The number of methoxy groups -OCH3 is 1. The van der Waals surface area contributed by atoms with E-state index in [9.17, 15) is 4.79 Å². The van der Waals surface area contributed by atoms with E-state index in [1.165, 1.54) is 0 Å². The molecule has 0 radical (unpaired) electrons. The van der Waals surface area contributed by atoms with Crippen molar-refractivity contribution >= 4 is 22.9 Å². The zero-order chi connectivity index (χ0) is 18.7. The van der Waals surface area contributed by atoms with Gasteiger partial charge in [-0.05, 0) is 41.1 Å². The van der Waals surface area contributed by atoms with Crippen LogP contribution in [-0.2, 0) is 4.79 Å². The molecular formula is C19H22N4O2S. The zero-order valence-electron chi connectivity index (χ0n) is 15.3. The lowest BCUT2D eigenvalue weighted by atomic mass is 9.92. The van der Waals surface area contributed by atoms with Crippen LogP contribution in [0.25, 0.3) is 16.4 Å². The van der Waals surface area contributed by atoms with Gasteiger partial charge in [-0.15, -0.1) is 16.4 Å². The third kappa shape index (κ3) is 4.29. The lowest BCUT2D eigenvalue weighted by Crippen LogP contribution is -2.19. The second kappa shape index (κ2) is 7.29. The molecule has 0 aliphatic rings. The largest absolute Gasteiger partial charge is 0.466 e. The highest BCUT2D eigenvalue weighted by Crippen LogP contribution is 2.27. The maximum absolute atomic E-state index is 12.1. The van der Waals surface area contributed by atoms with Crippen molar-refractivity contribution in [2.45, 2.75) is 27.2 Å². The van der Waals surface area contributed by atoms with Gasteiger partial charge in [-0.25, -0.2) is 4.68 Å². The summed E-state index contributed by atoms with van der Waals surface area (Å²) in [7, 11) is 1.55. The summed E-state index contributed by atoms with van der Waals surface area (Å²) >= 11 is 1.59. The molecule has 3 rings (SSSR count).